The Balaban J connectivity index is 2.22. The SMILES string of the molecule is COc1ccc2oc(CNC(C)C)cc2c1. The third-order valence-corrected chi connectivity index (χ3v) is 2.46. The minimum atomic E-state index is 0.461. The number of hydrogen-bond donors (Lipinski definition) is 1. The Hall–Kier alpha value is -1.48. The van der Waals surface area contributed by atoms with Gasteiger partial charge in [0.25, 0.3) is 0 Å². The van der Waals surface area contributed by atoms with Gasteiger partial charge in [0.1, 0.15) is 17.1 Å². The molecule has 2 rings (SSSR count). The van der Waals surface area contributed by atoms with E-state index in [1.54, 1.807) is 7.11 Å². The summed E-state index contributed by atoms with van der Waals surface area (Å²) in [5.41, 5.74) is 0.904. The van der Waals surface area contributed by atoms with Crippen LogP contribution >= 0.6 is 0 Å². The Bertz CT molecular complexity index is 474. The normalized spacial score (nSPS) is 11.2. The number of benzene rings is 1. The monoisotopic (exact) mass is 219 g/mol. The van der Waals surface area contributed by atoms with Crippen molar-refractivity contribution in [2.24, 2.45) is 0 Å². The summed E-state index contributed by atoms with van der Waals surface area (Å²) in [6.45, 7) is 4.99. The molecule has 0 aliphatic rings. The molecule has 0 aliphatic heterocycles. The fraction of sp³-hybridized carbons (Fsp3) is 0.385. The molecule has 0 fully saturated rings. The highest BCUT2D eigenvalue weighted by molar-refractivity contribution is 5.79. The zero-order chi connectivity index (χ0) is 11.5. The van der Waals surface area contributed by atoms with E-state index in [2.05, 4.69) is 19.2 Å². The maximum absolute atomic E-state index is 5.70. The van der Waals surface area contributed by atoms with E-state index in [1.165, 1.54) is 0 Å². The highest BCUT2D eigenvalue weighted by atomic mass is 16.5. The van der Waals surface area contributed by atoms with E-state index in [0.29, 0.717) is 6.04 Å². The van der Waals surface area contributed by atoms with E-state index in [4.69, 9.17) is 9.15 Å². The van der Waals surface area contributed by atoms with Crippen molar-refractivity contribution in [3.63, 3.8) is 0 Å². The predicted octanol–water partition coefficient (Wildman–Crippen LogP) is 2.94. The van der Waals surface area contributed by atoms with Crippen molar-refractivity contribution in [3.05, 3.63) is 30.0 Å². The van der Waals surface area contributed by atoms with Crippen LogP contribution in [-0.2, 0) is 6.54 Å². The van der Waals surface area contributed by atoms with Gasteiger partial charge in [-0.1, -0.05) is 13.8 Å². The molecule has 0 spiro atoms. The second-order valence-corrected chi connectivity index (χ2v) is 4.15. The number of fused-ring (bicyclic) bond motifs is 1. The molecule has 1 heterocycles. The summed E-state index contributed by atoms with van der Waals surface area (Å²) < 4.78 is 10.9. The lowest BCUT2D eigenvalue weighted by Crippen LogP contribution is -2.21. The minimum Gasteiger partial charge on any atom is -0.497 e. The Morgan fingerprint density at radius 1 is 1.31 bits per heavy atom. The molecule has 1 aromatic heterocycles. The van der Waals surface area contributed by atoms with E-state index in [9.17, 15) is 0 Å². The lowest BCUT2D eigenvalue weighted by atomic mass is 10.2. The van der Waals surface area contributed by atoms with Crippen molar-refractivity contribution in [3.8, 4) is 5.75 Å². The summed E-state index contributed by atoms with van der Waals surface area (Å²) in [6.07, 6.45) is 0. The van der Waals surface area contributed by atoms with Crippen LogP contribution in [0.5, 0.6) is 5.75 Å². The van der Waals surface area contributed by atoms with Gasteiger partial charge in [-0.05, 0) is 24.3 Å². The number of furan rings is 1. The first-order chi connectivity index (χ1) is 7.69. The minimum absolute atomic E-state index is 0.461. The molecule has 0 amide bonds. The average molecular weight is 219 g/mol. The number of hydrogen-bond acceptors (Lipinski definition) is 3. The van der Waals surface area contributed by atoms with Gasteiger partial charge < -0.3 is 14.5 Å². The molecule has 2 aromatic rings. The molecule has 0 saturated heterocycles. The molecule has 1 aromatic carbocycles. The van der Waals surface area contributed by atoms with Crippen LogP contribution in [0.15, 0.2) is 28.7 Å². The van der Waals surface area contributed by atoms with Gasteiger partial charge in [0.15, 0.2) is 0 Å². The quantitative estimate of drug-likeness (QED) is 0.858. The van der Waals surface area contributed by atoms with Crippen LogP contribution in [-0.4, -0.2) is 13.2 Å². The number of methoxy groups -OCH3 is 1. The number of ether oxygens (including phenoxy) is 1. The van der Waals surface area contributed by atoms with Gasteiger partial charge in [-0.25, -0.2) is 0 Å². The van der Waals surface area contributed by atoms with Crippen LogP contribution in [0.4, 0.5) is 0 Å². The van der Waals surface area contributed by atoms with Gasteiger partial charge in [0, 0.05) is 11.4 Å². The van der Waals surface area contributed by atoms with E-state index in [-0.39, 0.29) is 0 Å². The van der Waals surface area contributed by atoms with Gasteiger partial charge in [-0.15, -0.1) is 0 Å². The van der Waals surface area contributed by atoms with Crippen molar-refractivity contribution in [1.29, 1.82) is 0 Å². The van der Waals surface area contributed by atoms with Crippen molar-refractivity contribution in [2.75, 3.05) is 7.11 Å². The molecule has 3 nitrogen and oxygen atoms in total. The van der Waals surface area contributed by atoms with Crippen LogP contribution in [0.1, 0.15) is 19.6 Å². The van der Waals surface area contributed by atoms with Gasteiger partial charge in [0.05, 0.1) is 13.7 Å². The molecular formula is C13H17NO2. The first-order valence-corrected chi connectivity index (χ1v) is 5.49. The third kappa shape index (κ3) is 2.36. The predicted molar refractivity (Wildman–Crippen MR) is 64.7 cm³/mol. The summed E-state index contributed by atoms with van der Waals surface area (Å²) >= 11 is 0. The molecule has 0 saturated carbocycles. The highest BCUT2D eigenvalue weighted by Crippen LogP contribution is 2.24. The second-order valence-electron chi connectivity index (χ2n) is 4.15. The van der Waals surface area contributed by atoms with Crippen LogP contribution in [0, 0.1) is 0 Å². The van der Waals surface area contributed by atoms with Crippen molar-refractivity contribution in [2.45, 2.75) is 26.4 Å². The van der Waals surface area contributed by atoms with Gasteiger partial charge >= 0.3 is 0 Å². The van der Waals surface area contributed by atoms with E-state index in [0.717, 1.165) is 29.0 Å². The molecule has 1 N–H and O–H groups in total. The summed E-state index contributed by atoms with van der Waals surface area (Å²) in [5.74, 6) is 1.81. The first-order valence-electron chi connectivity index (χ1n) is 5.49. The fourth-order valence-electron chi connectivity index (χ4n) is 1.60. The van der Waals surface area contributed by atoms with Crippen molar-refractivity contribution >= 4 is 11.0 Å². The number of rotatable bonds is 4. The van der Waals surface area contributed by atoms with E-state index < -0.39 is 0 Å². The van der Waals surface area contributed by atoms with Crippen molar-refractivity contribution in [1.82, 2.24) is 5.32 Å². The molecule has 3 heteroatoms. The van der Waals surface area contributed by atoms with Crippen LogP contribution in [0.25, 0.3) is 11.0 Å². The summed E-state index contributed by atoms with van der Waals surface area (Å²) in [5, 5.41) is 4.41. The highest BCUT2D eigenvalue weighted by Gasteiger charge is 2.05. The molecule has 0 unspecified atom stereocenters. The standard InChI is InChI=1S/C13H17NO2/c1-9(2)14-8-12-7-10-6-11(15-3)4-5-13(10)16-12/h4-7,9,14H,8H2,1-3H3. The number of nitrogens with one attached hydrogen (secondary N) is 1. The Morgan fingerprint density at radius 2 is 2.12 bits per heavy atom. The smallest absolute Gasteiger partial charge is 0.134 e. The lowest BCUT2D eigenvalue weighted by molar-refractivity contribution is 0.415. The van der Waals surface area contributed by atoms with Gasteiger partial charge in [0.2, 0.25) is 0 Å². The largest absolute Gasteiger partial charge is 0.497 e. The van der Waals surface area contributed by atoms with E-state index >= 15 is 0 Å². The van der Waals surface area contributed by atoms with Crippen LogP contribution < -0.4 is 10.1 Å². The van der Waals surface area contributed by atoms with Crippen LogP contribution in [0.3, 0.4) is 0 Å². The molecule has 0 radical (unpaired) electrons. The summed E-state index contributed by atoms with van der Waals surface area (Å²) in [4.78, 5) is 0. The average Bonchev–Trinajstić information content (AvgIpc) is 2.67. The molecular weight excluding hydrogens is 202 g/mol. The zero-order valence-corrected chi connectivity index (χ0v) is 9.91. The zero-order valence-electron chi connectivity index (χ0n) is 9.91. The molecule has 0 bridgehead atoms. The second kappa shape index (κ2) is 4.58. The topological polar surface area (TPSA) is 34.4 Å². The maximum atomic E-state index is 5.70. The first kappa shape index (κ1) is 11.0. The maximum Gasteiger partial charge on any atom is 0.134 e. The molecule has 16 heavy (non-hydrogen) atoms. The lowest BCUT2D eigenvalue weighted by Gasteiger charge is -2.04. The third-order valence-electron chi connectivity index (χ3n) is 2.46. The fourth-order valence-corrected chi connectivity index (χ4v) is 1.60. The Kier molecular flexibility index (Phi) is 3.15. The summed E-state index contributed by atoms with van der Waals surface area (Å²) in [7, 11) is 1.67. The van der Waals surface area contributed by atoms with Gasteiger partial charge in [-0.3, -0.25) is 0 Å². The Morgan fingerprint density at radius 3 is 2.81 bits per heavy atom. The molecule has 0 atom stereocenters. The van der Waals surface area contributed by atoms with E-state index in [1.807, 2.05) is 24.3 Å². The Labute approximate surface area is 95.4 Å². The van der Waals surface area contributed by atoms with Gasteiger partial charge in [-0.2, -0.15) is 0 Å². The van der Waals surface area contributed by atoms with Crippen molar-refractivity contribution < 1.29 is 9.15 Å². The van der Waals surface area contributed by atoms with Crippen LogP contribution in [0.2, 0.25) is 0 Å². The summed E-state index contributed by atoms with van der Waals surface area (Å²) in [6, 6.07) is 8.34. The molecule has 0 aliphatic carbocycles. The molecule has 86 valence electrons.